The van der Waals surface area contributed by atoms with Crippen molar-refractivity contribution in [1.82, 2.24) is 45.1 Å². The molecule has 14 nitrogen and oxygen atoms in total. The number of nitrogens with one attached hydrogen (secondary N) is 2. The van der Waals surface area contributed by atoms with Crippen molar-refractivity contribution in [1.29, 1.82) is 0 Å². The number of piperidine rings is 3. The molecule has 12 rings (SSSR count). The summed E-state index contributed by atoms with van der Waals surface area (Å²) in [5.41, 5.74) is 3.30. The van der Waals surface area contributed by atoms with Crippen LogP contribution in [0.3, 0.4) is 0 Å². The molecule has 2 aromatic carbocycles. The Hall–Kier alpha value is -6.66. The monoisotopic (exact) mass is 973 g/mol. The van der Waals surface area contributed by atoms with Crippen LogP contribution in [0, 0.1) is 34.1 Å². The highest BCUT2D eigenvalue weighted by molar-refractivity contribution is 6.02. The minimum Gasteiger partial charge on any atom is -0.381 e. The number of rotatable bonds is 6. The number of hydrogen-bond acceptors (Lipinski definition) is 10. The summed E-state index contributed by atoms with van der Waals surface area (Å²) in [6, 6.07) is 14.4. The van der Waals surface area contributed by atoms with Crippen molar-refractivity contribution >= 4 is 23.5 Å². The molecule has 0 saturated carbocycles. The van der Waals surface area contributed by atoms with Crippen LogP contribution in [0.4, 0.5) is 29.2 Å². The average Bonchev–Trinajstić information content (AvgIpc) is 4.22. The van der Waals surface area contributed by atoms with Crippen LogP contribution in [-0.2, 0) is 17.8 Å². The Balaban J connectivity index is 0.000000159. The Kier molecular flexibility index (Phi) is 13.4. The van der Waals surface area contributed by atoms with Crippen molar-refractivity contribution in [3.05, 3.63) is 119 Å². The molecule has 0 aliphatic carbocycles. The second-order valence-electron chi connectivity index (χ2n) is 19.4. The predicted molar refractivity (Wildman–Crippen MR) is 262 cm³/mol. The SMILES string of the molecule is CC.CN1CCC2(CC1)CCN(c1ccn(-c3cc(-c4c(F)cccc4F)nc4c3C(=O)NC4)n1)CC2.O=C1NCc2nc(-c3c(F)cccc3F)cc(-n3ccc(N4CCC5(CCOCC5)CC4)n3)c21. The molecular weight excluding hydrogens is 915 g/mol. The zero-order valence-electron chi connectivity index (χ0n) is 40.4. The normalized spacial score (nSPS) is 19.1. The average molecular weight is 974 g/mol. The second kappa shape index (κ2) is 19.9. The number of likely N-dealkylation sites (tertiary alicyclic amines) is 1. The summed E-state index contributed by atoms with van der Waals surface area (Å²) in [4.78, 5) is 40.9. The number of fused-ring (bicyclic) bond motifs is 2. The smallest absolute Gasteiger partial charge is 0.255 e. The highest BCUT2D eigenvalue weighted by Gasteiger charge is 2.39. The van der Waals surface area contributed by atoms with Gasteiger partial charge in [0.05, 0.1) is 69.5 Å². The van der Waals surface area contributed by atoms with Gasteiger partial charge in [0, 0.05) is 63.9 Å². The number of hydrogen-bond donors (Lipinski definition) is 2. The van der Waals surface area contributed by atoms with Gasteiger partial charge in [-0.15, -0.1) is 0 Å². The van der Waals surface area contributed by atoms with Gasteiger partial charge < -0.3 is 30.1 Å². The van der Waals surface area contributed by atoms with Gasteiger partial charge in [0.15, 0.2) is 11.6 Å². The Morgan fingerprint density at radius 3 is 1.32 bits per heavy atom. The van der Waals surface area contributed by atoms with Crippen molar-refractivity contribution in [3.63, 3.8) is 0 Å². The van der Waals surface area contributed by atoms with Crippen LogP contribution in [0.15, 0.2) is 73.1 Å². The number of carbonyl (C=O) groups is 2. The van der Waals surface area contributed by atoms with Gasteiger partial charge in [-0.05, 0) is 119 Å². The van der Waals surface area contributed by atoms with E-state index in [1.165, 1.54) is 55.3 Å². The molecular formula is C53H59F4N11O3. The number of pyridine rings is 2. The topological polar surface area (TPSA) is 139 Å². The highest BCUT2D eigenvalue weighted by atomic mass is 19.1. The van der Waals surface area contributed by atoms with Crippen LogP contribution in [0.1, 0.15) is 97.3 Å². The summed E-state index contributed by atoms with van der Waals surface area (Å²) >= 11 is 0. The number of nitrogens with zero attached hydrogens (tertiary/aromatic N) is 9. The quantitative estimate of drug-likeness (QED) is 0.156. The van der Waals surface area contributed by atoms with E-state index in [0.29, 0.717) is 44.7 Å². The molecule has 0 atom stereocenters. The Morgan fingerprint density at radius 1 is 0.535 bits per heavy atom. The molecule has 2 N–H and O–H groups in total. The van der Waals surface area contributed by atoms with Crippen molar-refractivity contribution in [2.75, 3.05) is 69.3 Å². The maximum absolute atomic E-state index is 14.5. The van der Waals surface area contributed by atoms with Crippen LogP contribution in [-0.4, -0.2) is 106 Å². The van der Waals surface area contributed by atoms with Gasteiger partial charge in [-0.3, -0.25) is 9.59 Å². The molecule has 4 saturated heterocycles. The molecule has 6 aromatic rings. The lowest BCUT2D eigenvalue weighted by Gasteiger charge is -2.46. The van der Waals surface area contributed by atoms with Crippen LogP contribution in [0.25, 0.3) is 33.9 Å². The van der Waals surface area contributed by atoms with Gasteiger partial charge in [-0.25, -0.2) is 36.9 Å². The van der Waals surface area contributed by atoms with E-state index in [9.17, 15) is 27.2 Å². The van der Waals surface area contributed by atoms with Crippen LogP contribution < -0.4 is 20.4 Å². The van der Waals surface area contributed by atoms with Crippen LogP contribution in [0.5, 0.6) is 0 Å². The third-order valence-corrected chi connectivity index (χ3v) is 15.4. The summed E-state index contributed by atoms with van der Waals surface area (Å²) in [7, 11) is 2.19. The van der Waals surface area contributed by atoms with Crippen molar-refractivity contribution in [2.24, 2.45) is 10.8 Å². The van der Waals surface area contributed by atoms with E-state index in [1.807, 2.05) is 26.0 Å². The van der Waals surface area contributed by atoms with E-state index >= 15 is 0 Å². The lowest BCUT2D eigenvalue weighted by atomic mass is 9.71. The lowest BCUT2D eigenvalue weighted by molar-refractivity contribution is 0.00205. The molecule has 6 aliphatic rings. The van der Waals surface area contributed by atoms with E-state index in [1.54, 1.807) is 27.8 Å². The van der Waals surface area contributed by atoms with Crippen LogP contribution >= 0.6 is 0 Å². The number of amides is 2. The molecule has 0 radical (unpaired) electrons. The van der Waals surface area contributed by atoms with Crippen molar-refractivity contribution in [3.8, 4) is 33.9 Å². The van der Waals surface area contributed by atoms with Crippen LogP contribution in [0.2, 0.25) is 0 Å². The first-order valence-electron chi connectivity index (χ1n) is 24.9. The van der Waals surface area contributed by atoms with E-state index in [4.69, 9.17) is 14.9 Å². The molecule has 71 heavy (non-hydrogen) atoms. The van der Waals surface area contributed by atoms with Crippen molar-refractivity contribution in [2.45, 2.75) is 78.3 Å². The minimum absolute atomic E-state index is 0.136. The first-order chi connectivity index (χ1) is 34.5. The van der Waals surface area contributed by atoms with Gasteiger partial charge in [-0.1, -0.05) is 26.0 Å². The molecule has 0 unspecified atom stereocenters. The summed E-state index contributed by atoms with van der Waals surface area (Å²) < 4.78 is 66.8. The molecule has 4 fully saturated rings. The fourth-order valence-electron chi connectivity index (χ4n) is 11.1. The summed E-state index contributed by atoms with van der Waals surface area (Å²) in [5.74, 6) is -1.66. The van der Waals surface area contributed by atoms with Gasteiger partial charge >= 0.3 is 0 Å². The first-order valence-corrected chi connectivity index (χ1v) is 24.9. The minimum atomic E-state index is -0.702. The summed E-state index contributed by atoms with van der Waals surface area (Å²) in [6.45, 7) is 12.1. The largest absolute Gasteiger partial charge is 0.381 e. The fourth-order valence-corrected chi connectivity index (χ4v) is 11.1. The molecule has 18 heteroatoms. The number of aromatic nitrogens is 6. The Labute approximate surface area is 410 Å². The molecule has 4 aromatic heterocycles. The summed E-state index contributed by atoms with van der Waals surface area (Å²) in [6.07, 6.45) is 12.8. The fraction of sp³-hybridized carbons (Fsp3) is 0.434. The number of halogens is 4. The molecule has 2 amide bonds. The maximum Gasteiger partial charge on any atom is 0.255 e. The highest BCUT2D eigenvalue weighted by Crippen LogP contribution is 2.43. The summed E-state index contributed by atoms with van der Waals surface area (Å²) in [5, 5.41) is 15.1. The lowest BCUT2D eigenvalue weighted by Crippen LogP contribution is -2.46. The van der Waals surface area contributed by atoms with Gasteiger partial charge in [0.2, 0.25) is 0 Å². The predicted octanol–water partition coefficient (Wildman–Crippen LogP) is 8.65. The standard InChI is InChI=1S/C26H28F2N6O.C25H25F2N5O2.C2H6/c1-32-11-6-26(7-12-32)8-13-33(14-9-26)22-5-10-34(31-22)21-15-19(23-17(27)3-2-4-18(23)28)30-20-16-29-25(35)24(20)21;26-16-2-1-3-17(27)22(16)18-14-20(23-19(29-18)15-28-24(23)33)32-9-4-21(30-32)31-10-5-25(6-11-31)7-12-34-13-8-25;1-2/h2-5,10,15H,6-9,11-14,16H2,1H3,(H,29,35);1-4,9,14H,5-8,10-13,15H2,(H,28,33);1-2H3. The third kappa shape index (κ3) is 9.39. The number of anilines is 2. The second-order valence-corrected chi connectivity index (χ2v) is 19.4. The zero-order chi connectivity index (χ0) is 49.4. The molecule has 372 valence electrons. The van der Waals surface area contributed by atoms with E-state index in [2.05, 4.69) is 42.3 Å². The number of ether oxygens (including phenoxy) is 1. The molecule has 10 heterocycles. The zero-order valence-corrected chi connectivity index (χ0v) is 40.4. The first kappa shape index (κ1) is 48.0. The van der Waals surface area contributed by atoms with E-state index < -0.39 is 23.3 Å². The van der Waals surface area contributed by atoms with E-state index in [0.717, 1.165) is 103 Å². The molecule has 6 aliphatic heterocycles. The van der Waals surface area contributed by atoms with Gasteiger partial charge in [-0.2, -0.15) is 10.2 Å². The van der Waals surface area contributed by atoms with Gasteiger partial charge in [0.25, 0.3) is 11.8 Å². The Bertz CT molecular complexity index is 2900. The van der Waals surface area contributed by atoms with Gasteiger partial charge in [0.1, 0.15) is 23.3 Å². The molecule has 0 bridgehead atoms. The van der Waals surface area contributed by atoms with Crippen molar-refractivity contribution < 1.29 is 31.9 Å². The Morgan fingerprint density at radius 2 is 0.915 bits per heavy atom. The number of benzene rings is 2. The maximum atomic E-state index is 14.5. The van der Waals surface area contributed by atoms with E-state index in [-0.39, 0.29) is 47.4 Å². The third-order valence-electron chi connectivity index (χ3n) is 15.4. The molecule has 2 spiro atoms. The number of carbonyl (C=O) groups excluding carboxylic acids is 2.